The van der Waals surface area contributed by atoms with Crippen molar-refractivity contribution in [1.82, 2.24) is 0 Å². The number of carbonyl (C=O) groups is 1. The van der Waals surface area contributed by atoms with Gasteiger partial charge in [-0.25, -0.2) is 0 Å². The average molecular weight is 168 g/mol. The molecule has 1 saturated heterocycles. The van der Waals surface area contributed by atoms with Crippen LogP contribution in [0.5, 0.6) is 0 Å². The molecule has 0 aromatic heterocycles. The standard InChI is InChI=1S/C10H16O2/c11-8-10(7-9-1-2-9)3-5-12-6-4-10/h8-9H,1-7H2. The fourth-order valence-electron chi connectivity index (χ4n) is 2.04. The van der Waals surface area contributed by atoms with Crippen LogP contribution in [-0.4, -0.2) is 19.5 Å². The molecule has 2 fully saturated rings. The topological polar surface area (TPSA) is 26.3 Å². The predicted molar refractivity (Wildman–Crippen MR) is 45.9 cm³/mol. The Labute approximate surface area is 73.3 Å². The van der Waals surface area contributed by atoms with Gasteiger partial charge in [0.1, 0.15) is 6.29 Å². The van der Waals surface area contributed by atoms with Crippen molar-refractivity contribution >= 4 is 6.29 Å². The summed E-state index contributed by atoms with van der Waals surface area (Å²) in [6.45, 7) is 1.57. The van der Waals surface area contributed by atoms with Crippen LogP contribution < -0.4 is 0 Å². The van der Waals surface area contributed by atoms with Crippen molar-refractivity contribution in [3.8, 4) is 0 Å². The number of rotatable bonds is 3. The van der Waals surface area contributed by atoms with Gasteiger partial charge >= 0.3 is 0 Å². The molecule has 1 heterocycles. The maximum Gasteiger partial charge on any atom is 0.126 e. The summed E-state index contributed by atoms with van der Waals surface area (Å²) in [5.41, 5.74) is -0.000579. The van der Waals surface area contributed by atoms with Gasteiger partial charge in [0.15, 0.2) is 0 Å². The first-order valence-electron chi connectivity index (χ1n) is 4.89. The van der Waals surface area contributed by atoms with Crippen LogP contribution in [0.25, 0.3) is 0 Å². The zero-order valence-electron chi connectivity index (χ0n) is 7.42. The molecular formula is C10H16O2. The lowest BCUT2D eigenvalue weighted by Crippen LogP contribution is -2.31. The molecule has 0 atom stereocenters. The van der Waals surface area contributed by atoms with Crippen LogP contribution in [0, 0.1) is 11.3 Å². The highest BCUT2D eigenvalue weighted by molar-refractivity contribution is 5.59. The maximum absolute atomic E-state index is 11.0. The first-order valence-corrected chi connectivity index (χ1v) is 4.89. The molecule has 0 unspecified atom stereocenters. The molecule has 2 heteroatoms. The highest BCUT2D eigenvalue weighted by Crippen LogP contribution is 2.43. The maximum atomic E-state index is 11.0. The Balaban J connectivity index is 1.94. The van der Waals surface area contributed by atoms with Crippen LogP contribution in [0.1, 0.15) is 32.1 Å². The Kier molecular flexibility index (Phi) is 2.18. The summed E-state index contributed by atoms with van der Waals surface area (Å²) < 4.78 is 5.27. The number of hydrogen-bond acceptors (Lipinski definition) is 2. The Morgan fingerprint density at radius 3 is 2.50 bits per heavy atom. The van der Waals surface area contributed by atoms with E-state index in [4.69, 9.17) is 4.74 Å². The van der Waals surface area contributed by atoms with Gasteiger partial charge in [0.25, 0.3) is 0 Å². The zero-order chi connectivity index (χ0) is 8.44. The first kappa shape index (κ1) is 8.24. The van der Waals surface area contributed by atoms with Gasteiger partial charge in [0.05, 0.1) is 0 Å². The average Bonchev–Trinajstić information content (AvgIpc) is 2.90. The third kappa shape index (κ3) is 1.69. The van der Waals surface area contributed by atoms with Gasteiger partial charge in [0, 0.05) is 18.6 Å². The van der Waals surface area contributed by atoms with E-state index in [-0.39, 0.29) is 5.41 Å². The molecule has 0 aromatic carbocycles. The molecule has 68 valence electrons. The van der Waals surface area contributed by atoms with Crippen molar-refractivity contribution in [2.45, 2.75) is 32.1 Å². The van der Waals surface area contributed by atoms with Gasteiger partial charge in [-0.3, -0.25) is 0 Å². The quantitative estimate of drug-likeness (QED) is 0.600. The van der Waals surface area contributed by atoms with E-state index >= 15 is 0 Å². The van der Waals surface area contributed by atoms with E-state index in [1.165, 1.54) is 19.1 Å². The van der Waals surface area contributed by atoms with Crippen LogP contribution in [0.2, 0.25) is 0 Å². The number of hydrogen-bond donors (Lipinski definition) is 0. The van der Waals surface area contributed by atoms with Crippen LogP contribution in [0.3, 0.4) is 0 Å². The van der Waals surface area contributed by atoms with E-state index in [2.05, 4.69) is 0 Å². The first-order chi connectivity index (χ1) is 5.85. The van der Waals surface area contributed by atoms with E-state index in [1.807, 2.05) is 0 Å². The Bertz CT molecular complexity index is 167. The highest BCUT2D eigenvalue weighted by atomic mass is 16.5. The number of aldehydes is 1. The summed E-state index contributed by atoms with van der Waals surface area (Å²) in [4.78, 5) is 11.0. The lowest BCUT2D eigenvalue weighted by molar-refractivity contribution is -0.122. The van der Waals surface area contributed by atoms with Gasteiger partial charge in [-0.15, -0.1) is 0 Å². The molecule has 2 nitrogen and oxygen atoms in total. The zero-order valence-corrected chi connectivity index (χ0v) is 7.42. The van der Waals surface area contributed by atoms with Gasteiger partial charge in [0.2, 0.25) is 0 Å². The predicted octanol–water partition coefficient (Wildman–Crippen LogP) is 1.78. The number of ether oxygens (including phenoxy) is 1. The van der Waals surface area contributed by atoms with Gasteiger partial charge in [-0.2, -0.15) is 0 Å². The molecule has 12 heavy (non-hydrogen) atoms. The Morgan fingerprint density at radius 1 is 1.33 bits per heavy atom. The molecule has 0 bridgehead atoms. The van der Waals surface area contributed by atoms with Crippen LogP contribution in [0.4, 0.5) is 0 Å². The summed E-state index contributed by atoms with van der Waals surface area (Å²) in [7, 11) is 0. The third-order valence-electron chi connectivity index (χ3n) is 3.13. The molecule has 1 saturated carbocycles. The Morgan fingerprint density at radius 2 is 2.00 bits per heavy atom. The second-order valence-corrected chi connectivity index (χ2v) is 4.24. The molecule has 1 aliphatic carbocycles. The van der Waals surface area contributed by atoms with E-state index in [0.29, 0.717) is 0 Å². The third-order valence-corrected chi connectivity index (χ3v) is 3.13. The van der Waals surface area contributed by atoms with Crippen molar-refractivity contribution in [3.63, 3.8) is 0 Å². The highest BCUT2D eigenvalue weighted by Gasteiger charge is 2.37. The summed E-state index contributed by atoms with van der Waals surface area (Å²) in [6, 6.07) is 0. The van der Waals surface area contributed by atoms with E-state index in [0.717, 1.165) is 38.4 Å². The fourth-order valence-corrected chi connectivity index (χ4v) is 2.04. The van der Waals surface area contributed by atoms with Crippen molar-refractivity contribution in [2.75, 3.05) is 13.2 Å². The van der Waals surface area contributed by atoms with Crippen molar-refractivity contribution in [2.24, 2.45) is 11.3 Å². The lowest BCUT2D eigenvalue weighted by Gasteiger charge is -2.31. The molecule has 1 aliphatic heterocycles. The molecule has 0 aromatic rings. The molecule has 0 amide bonds. The molecule has 0 radical (unpaired) electrons. The van der Waals surface area contributed by atoms with Crippen molar-refractivity contribution < 1.29 is 9.53 Å². The molecule has 0 spiro atoms. The smallest absolute Gasteiger partial charge is 0.126 e. The van der Waals surface area contributed by atoms with E-state index in [1.54, 1.807) is 0 Å². The molecule has 2 aliphatic rings. The SMILES string of the molecule is O=CC1(CC2CC2)CCOCC1. The minimum Gasteiger partial charge on any atom is -0.381 e. The second-order valence-electron chi connectivity index (χ2n) is 4.24. The second kappa shape index (κ2) is 3.17. The van der Waals surface area contributed by atoms with Crippen LogP contribution in [-0.2, 0) is 9.53 Å². The number of carbonyl (C=O) groups excluding carboxylic acids is 1. The normalized spacial score (nSPS) is 28.3. The van der Waals surface area contributed by atoms with Gasteiger partial charge < -0.3 is 9.53 Å². The summed E-state index contributed by atoms with van der Waals surface area (Å²) in [6.07, 6.45) is 6.90. The minimum atomic E-state index is -0.000579. The molecule has 2 rings (SSSR count). The lowest BCUT2D eigenvalue weighted by atomic mass is 9.77. The van der Waals surface area contributed by atoms with Crippen LogP contribution >= 0.6 is 0 Å². The van der Waals surface area contributed by atoms with Crippen molar-refractivity contribution in [1.29, 1.82) is 0 Å². The molecule has 0 N–H and O–H groups in total. The van der Waals surface area contributed by atoms with E-state index < -0.39 is 0 Å². The summed E-state index contributed by atoms with van der Waals surface area (Å²) in [5.74, 6) is 0.855. The largest absolute Gasteiger partial charge is 0.381 e. The molecular weight excluding hydrogens is 152 g/mol. The summed E-state index contributed by atoms with van der Waals surface area (Å²) >= 11 is 0. The monoisotopic (exact) mass is 168 g/mol. The summed E-state index contributed by atoms with van der Waals surface area (Å²) in [5, 5.41) is 0. The van der Waals surface area contributed by atoms with Gasteiger partial charge in [-0.05, 0) is 25.2 Å². The van der Waals surface area contributed by atoms with Gasteiger partial charge in [-0.1, -0.05) is 12.8 Å². The minimum absolute atomic E-state index is 0.000579. The Hall–Kier alpha value is -0.370. The van der Waals surface area contributed by atoms with Crippen molar-refractivity contribution in [3.05, 3.63) is 0 Å². The fraction of sp³-hybridized carbons (Fsp3) is 0.900. The van der Waals surface area contributed by atoms with E-state index in [9.17, 15) is 4.79 Å². The van der Waals surface area contributed by atoms with Crippen LogP contribution in [0.15, 0.2) is 0 Å².